The average Bonchev–Trinajstić information content (AvgIpc) is 3.12. The smallest absolute Gasteiger partial charge is 0.252 e. The van der Waals surface area contributed by atoms with Crippen molar-refractivity contribution in [2.45, 2.75) is 6.04 Å². The summed E-state index contributed by atoms with van der Waals surface area (Å²) in [6, 6.07) is 14.7. The SMILES string of the molecule is Cn1ccnc1C(NC(=O)c1ccnc2ccccc12)c1ccc(F)cc1. The molecule has 0 fully saturated rings. The minimum Gasteiger partial charge on any atom is -0.338 e. The maximum absolute atomic E-state index is 13.4. The first kappa shape index (κ1) is 16.9. The van der Waals surface area contributed by atoms with Gasteiger partial charge in [0, 0.05) is 31.0 Å². The zero-order valence-electron chi connectivity index (χ0n) is 14.6. The van der Waals surface area contributed by atoms with Crippen LogP contribution in [0, 0.1) is 5.82 Å². The van der Waals surface area contributed by atoms with Crippen LogP contribution in [-0.4, -0.2) is 20.4 Å². The van der Waals surface area contributed by atoms with Gasteiger partial charge in [-0.1, -0.05) is 30.3 Å². The standard InChI is InChI=1S/C21H17FN4O/c1-26-13-12-24-20(26)19(14-6-8-15(22)9-7-14)25-21(27)17-10-11-23-18-5-3-2-4-16(17)18/h2-13,19H,1H3,(H,25,27). The zero-order chi connectivity index (χ0) is 18.8. The highest BCUT2D eigenvalue weighted by atomic mass is 19.1. The summed E-state index contributed by atoms with van der Waals surface area (Å²) >= 11 is 0. The van der Waals surface area contributed by atoms with E-state index in [4.69, 9.17) is 0 Å². The highest BCUT2D eigenvalue weighted by molar-refractivity contribution is 6.06. The Labute approximate surface area is 155 Å². The van der Waals surface area contributed by atoms with E-state index in [-0.39, 0.29) is 11.7 Å². The van der Waals surface area contributed by atoms with Gasteiger partial charge in [-0.3, -0.25) is 9.78 Å². The van der Waals surface area contributed by atoms with Crippen LogP contribution in [0.1, 0.15) is 27.8 Å². The predicted octanol–water partition coefficient (Wildman–Crippen LogP) is 3.63. The second-order valence-electron chi connectivity index (χ2n) is 6.23. The van der Waals surface area contributed by atoms with Gasteiger partial charge in [0.25, 0.3) is 5.91 Å². The number of carbonyl (C=O) groups excluding carboxylic acids is 1. The van der Waals surface area contributed by atoms with E-state index >= 15 is 0 Å². The summed E-state index contributed by atoms with van der Waals surface area (Å²) in [7, 11) is 1.85. The third-order valence-electron chi connectivity index (χ3n) is 4.49. The minimum absolute atomic E-state index is 0.245. The van der Waals surface area contributed by atoms with Crippen LogP contribution in [0.5, 0.6) is 0 Å². The number of carbonyl (C=O) groups is 1. The molecule has 2 heterocycles. The first-order valence-corrected chi connectivity index (χ1v) is 8.51. The summed E-state index contributed by atoms with van der Waals surface area (Å²) in [5.74, 6) is 0.0861. The number of benzene rings is 2. The summed E-state index contributed by atoms with van der Waals surface area (Å²) in [5.41, 5.74) is 2.03. The molecule has 0 aliphatic heterocycles. The Morgan fingerprint density at radius 3 is 2.56 bits per heavy atom. The van der Waals surface area contributed by atoms with Gasteiger partial charge in [0.15, 0.2) is 0 Å². The molecule has 1 atom stereocenters. The van der Waals surface area contributed by atoms with E-state index in [1.807, 2.05) is 35.9 Å². The number of hydrogen-bond donors (Lipinski definition) is 1. The molecular weight excluding hydrogens is 343 g/mol. The molecule has 2 aromatic heterocycles. The van der Waals surface area contributed by atoms with Gasteiger partial charge in [0.05, 0.1) is 11.1 Å². The Morgan fingerprint density at radius 2 is 1.81 bits per heavy atom. The second-order valence-corrected chi connectivity index (χ2v) is 6.23. The third-order valence-corrected chi connectivity index (χ3v) is 4.49. The van der Waals surface area contributed by atoms with E-state index in [2.05, 4.69) is 15.3 Å². The number of fused-ring (bicyclic) bond motifs is 1. The lowest BCUT2D eigenvalue weighted by Crippen LogP contribution is -2.31. The molecule has 4 aromatic rings. The highest BCUT2D eigenvalue weighted by Gasteiger charge is 2.22. The van der Waals surface area contributed by atoms with Crippen LogP contribution in [0.3, 0.4) is 0 Å². The van der Waals surface area contributed by atoms with E-state index < -0.39 is 6.04 Å². The lowest BCUT2D eigenvalue weighted by atomic mass is 10.0. The number of para-hydroxylation sites is 1. The fourth-order valence-corrected chi connectivity index (χ4v) is 3.11. The van der Waals surface area contributed by atoms with Crippen molar-refractivity contribution in [1.82, 2.24) is 19.9 Å². The lowest BCUT2D eigenvalue weighted by molar-refractivity contribution is 0.0942. The minimum atomic E-state index is -0.509. The summed E-state index contributed by atoms with van der Waals surface area (Å²) in [6.45, 7) is 0. The summed E-state index contributed by atoms with van der Waals surface area (Å²) in [6.07, 6.45) is 5.09. The van der Waals surface area contributed by atoms with Crippen molar-refractivity contribution >= 4 is 16.8 Å². The number of pyridine rings is 1. The van der Waals surface area contributed by atoms with E-state index in [1.54, 1.807) is 36.8 Å². The van der Waals surface area contributed by atoms with Crippen molar-refractivity contribution in [2.24, 2.45) is 7.05 Å². The number of aryl methyl sites for hydroxylation is 1. The van der Waals surface area contributed by atoms with Crippen LogP contribution >= 0.6 is 0 Å². The summed E-state index contributed by atoms with van der Waals surface area (Å²) < 4.78 is 15.2. The van der Waals surface area contributed by atoms with Gasteiger partial charge in [-0.05, 0) is 29.8 Å². The van der Waals surface area contributed by atoms with Crippen LogP contribution in [0.2, 0.25) is 0 Å². The van der Waals surface area contributed by atoms with Crippen molar-refractivity contribution < 1.29 is 9.18 Å². The average molecular weight is 360 g/mol. The lowest BCUT2D eigenvalue weighted by Gasteiger charge is -2.19. The van der Waals surface area contributed by atoms with Crippen LogP contribution in [-0.2, 0) is 7.05 Å². The van der Waals surface area contributed by atoms with Crippen molar-refractivity contribution in [3.63, 3.8) is 0 Å². The molecule has 0 bridgehead atoms. The molecule has 0 saturated carbocycles. The molecule has 1 amide bonds. The van der Waals surface area contributed by atoms with Gasteiger partial charge in [-0.25, -0.2) is 9.37 Å². The van der Waals surface area contributed by atoms with Crippen molar-refractivity contribution in [3.8, 4) is 0 Å². The van der Waals surface area contributed by atoms with Gasteiger partial charge in [-0.2, -0.15) is 0 Å². The fourth-order valence-electron chi connectivity index (χ4n) is 3.11. The third kappa shape index (κ3) is 3.29. The molecule has 1 unspecified atom stereocenters. The topological polar surface area (TPSA) is 59.8 Å². The van der Waals surface area contributed by atoms with Gasteiger partial charge in [-0.15, -0.1) is 0 Å². The zero-order valence-corrected chi connectivity index (χ0v) is 14.6. The van der Waals surface area contributed by atoms with E-state index in [0.29, 0.717) is 11.4 Å². The van der Waals surface area contributed by atoms with Crippen molar-refractivity contribution in [1.29, 1.82) is 0 Å². The largest absolute Gasteiger partial charge is 0.338 e. The predicted molar refractivity (Wildman–Crippen MR) is 101 cm³/mol. The quantitative estimate of drug-likeness (QED) is 0.605. The molecule has 0 spiro atoms. The van der Waals surface area contributed by atoms with Crippen molar-refractivity contribution in [2.75, 3.05) is 0 Å². The number of hydrogen-bond acceptors (Lipinski definition) is 3. The molecule has 2 aromatic carbocycles. The molecule has 0 saturated heterocycles. The van der Waals surface area contributed by atoms with E-state index in [0.717, 1.165) is 16.5 Å². The number of halogens is 1. The first-order chi connectivity index (χ1) is 13.1. The van der Waals surface area contributed by atoms with Gasteiger partial charge < -0.3 is 9.88 Å². The number of nitrogens with one attached hydrogen (secondary N) is 1. The Balaban J connectivity index is 1.74. The monoisotopic (exact) mass is 360 g/mol. The van der Waals surface area contributed by atoms with E-state index in [1.165, 1.54) is 12.1 Å². The molecule has 0 aliphatic carbocycles. The maximum atomic E-state index is 13.4. The normalized spacial score (nSPS) is 12.1. The molecule has 0 radical (unpaired) electrons. The number of rotatable bonds is 4. The van der Waals surface area contributed by atoms with E-state index in [9.17, 15) is 9.18 Å². The molecule has 0 aliphatic rings. The molecule has 4 rings (SSSR count). The van der Waals surface area contributed by atoms with Gasteiger partial charge in [0.2, 0.25) is 0 Å². The highest BCUT2D eigenvalue weighted by Crippen LogP contribution is 2.23. The summed E-state index contributed by atoms with van der Waals surface area (Å²) in [4.78, 5) is 21.7. The van der Waals surface area contributed by atoms with Gasteiger partial charge in [0.1, 0.15) is 17.7 Å². The summed E-state index contributed by atoms with van der Waals surface area (Å²) in [5, 5.41) is 3.81. The Hall–Kier alpha value is -3.54. The number of nitrogens with zero attached hydrogens (tertiary/aromatic N) is 3. The Kier molecular flexibility index (Phi) is 4.38. The van der Waals surface area contributed by atoms with Crippen LogP contribution in [0.4, 0.5) is 4.39 Å². The molecule has 1 N–H and O–H groups in total. The Bertz CT molecular complexity index is 1100. The second kappa shape index (κ2) is 6.99. The molecule has 6 heteroatoms. The van der Waals surface area contributed by atoms with Crippen LogP contribution in [0.25, 0.3) is 10.9 Å². The van der Waals surface area contributed by atoms with Crippen LogP contribution < -0.4 is 5.32 Å². The van der Waals surface area contributed by atoms with Crippen molar-refractivity contribution in [3.05, 3.63) is 96.0 Å². The first-order valence-electron chi connectivity index (χ1n) is 8.51. The number of imidazole rings is 1. The number of amides is 1. The molecular formula is C21H17FN4O. The number of aromatic nitrogens is 3. The molecule has 134 valence electrons. The molecule has 27 heavy (non-hydrogen) atoms. The van der Waals surface area contributed by atoms with Gasteiger partial charge >= 0.3 is 0 Å². The Morgan fingerprint density at radius 1 is 1.04 bits per heavy atom. The van der Waals surface area contributed by atoms with Crippen LogP contribution in [0.15, 0.2) is 73.2 Å². The fraction of sp³-hybridized carbons (Fsp3) is 0.0952. The molecule has 5 nitrogen and oxygen atoms in total. The maximum Gasteiger partial charge on any atom is 0.252 e.